The van der Waals surface area contributed by atoms with Gasteiger partial charge >= 0.3 is 0 Å². The maximum atomic E-state index is 13.3. The second-order valence-corrected chi connectivity index (χ2v) is 8.47. The van der Waals surface area contributed by atoms with Gasteiger partial charge in [-0.05, 0) is 43.9 Å². The van der Waals surface area contributed by atoms with Gasteiger partial charge in [0.05, 0.1) is 18.8 Å². The van der Waals surface area contributed by atoms with Crippen LogP contribution in [-0.2, 0) is 9.63 Å². The molecular weight excluding hydrogens is 406 g/mol. The van der Waals surface area contributed by atoms with Gasteiger partial charge in [0.15, 0.2) is 5.82 Å². The minimum absolute atomic E-state index is 0.0637. The molecule has 0 unspecified atom stereocenters. The zero-order valence-electron chi connectivity index (χ0n) is 18.4. The Morgan fingerprint density at radius 2 is 1.91 bits per heavy atom. The van der Waals surface area contributed by atoms with Gasteiger partial charge in [-0.3, -0.25) is 14.6 Å². The van der Waals surface area contributed by atoms with E-state index in [4.69, 9.17) is 4.84 Å². The van der Waals surface area contributed by atoms with E-state index in [1.807, 2.05) is 44.4 Å². The fourth-order valence-electron chi connectivity index (χ4n) is 4.33. The average Bonchev–Trinajstić information content (AvgIpc) is 3.49. The quantitative estimate of drug-likeness (QED) is 0.625. The Kier molecular flexibility index (Phi) is 5.57. The SMILES string of the molecule is Cc1cnn(-c2ccnc(N3CCC(C(=O)N4OCC[C@H]4c4ccc(C)nc4)CC3)n2)c1. The molecule has 2 saturated heterocycles. The molecule has 166 valence electrons. The molecule has 9 nitrogen and oxygen atoms in total. The number of hydrogen-bond acceptors (Lipinski definition) is 7. The van der Waals surface area contributed by atoms with Crippen LogP contribution in [0.5, 0.6) is 0 Å². The van der Waals surface area contributed by atoms with Crippen LogP contribution in [0.2, 0.25) is 0 Å². The highest BCUT2D eigenvalue weighted by molar-refractivity contribution is 5.79. The first-order valence-corrected chi connectivity index (χ1v) is 11.1. The number of piperidine rings is 1. The van der Waals surface area contributed by atoms with Crippen LogP contribution in [0.4, 0.5) is 5.95 Å². The van der Waals surface area contributed by atoms with Gasteiger partial charge in [0, 0.05) is 55.8 Å². The lowest BCUT2D eigenvalue weighted by atomic mass is 9.95. The first-order valence-electron chi connectivity index (χ1n) is 11.1. The maximum Gasteiger partial charge on any atom is 0.249 e. The molecule has 0 radical (unpaired) electrons. The zero-order chi connectivity index (χ0) is 22.1. The number of amides is 1. The summed E-state index contributed by atoms with van der Waals surface area (Å²) in [6.07, 6.45) is 9.63. The van der Waals surface area contributed by atoms with E-state index >= 15 is 0 Å². The Morgan fingerprint density at radius 1 is 1.06 bits per heavy atom. The molecular formula is C23H27N7O2. The number of carbonyl (C=O) groups excluding carboxylic acids is 1. The van der Waals surface area contributed by atoms with E-state index in [1.165, 1.54) is 0 Å². The summed E-state index contributed by atoms with van der Waals surface area (Å²) < 4.78 is 1.75. The molecule has 3 aromatic rings. The van der Waals surface area contributed by atoms with Crippen molar-refractivity contribution in [3.05, 3.63) is 59.8 Å². The van der Waals surface area contributed by atoms with Crippen LogP contribution < -0.4 is 4.90 Å². The topological polar surface area (TPSA) is 89.3 Å². The molecule has 5 heterocycles. The van der Waals surface area contributed by atoms with Gasteiger partial charge in [-0.2, -0.15) is 10.1 Å². The van der Waals surface area contributed by atoms with Gasteiger partial charge in [0.1, 0.15) is 0 Å². The van der Waals surface area contributed by atoms with Crippen LogP contribution in [-0.4, -0.2) is 55.4 Å². The Morgan fingerprint density at radius 3 is 2.62 bits per heavy atom. The molecule has 3 aromatic heterocycles. The first kappa shape index (κ1) is 20.6. The van der Waals surface area contributed by atoms with E-state index < -0.39 is 0 Å². The van der Waals surface area contributed by atoms with E-state index in [-0.39, 0.29) is 17.9 Å². The van der Waals surface area contributed by atoms with Gasteiger partial charge in [0.2, 0.25) is 11.9 Å². The third kappa shape index (κ3) is 4.08. The monoisotopic (exact) mass is 433 g/mol. The highest BCUT2D eigenvalue weighted by Gasteiger charge is 2.37. The number of aryl methyl sites for hydroxylation is 2. The van der Waals surface area contributed by atoms with Crippen LogP contribution in [0, 0.1) is 19.8 Å². The Bertz CT molecular complexity index is 1090. The number of aromatic nitrogens is 5. The standard InChI is InChI=1S/C23H27N7O2/c1-16-13-26-29(15-16)21-5-9-24-23(27-21)28-10-6-18(7-11-28)22(31)30-20(8-12-32-30)19-4-3-17(2)25-14-19/h3-5,9,13-15,18,20H,6-8,10-12H2,1-2H3/t20-/m0/s1. The lowest BCUT2D eigenvalue weighted by Crippen LogP contribution is -2.42. The van der Waals surface area contributed by atoms with Crippen LogP contribution in [0.1, 0.15) is 42.1 Å². The van der Waals surface area contributed by atoms with E-state index in [0.717, 1.165) is 55.0 Å². The van der Waals surface area contributed by atoms with Crippen molar-refractivity contribution in [2.24, 2.45) is 5.92 Å². The average molecular weight is 434 g/mol. The highest BCUT2D eigenvalue weighted by atomic mass is 16.7. The van der Waals surface area contributed by atoms with Crippen LogP contribution >= 0.6 is 0 Å². The normalized spacial score (nSPS) is 19.5. The van der Waals surface area contributed by atoms with E-state index in [9.17, 15) is 4.79 Å². The molecule has 2 fully saturated rings. The largest absolute Gasteiger partial charge is 0.341 e. The Labute approximate surface area is 187 Å². The molecule has 1 atom stereocenters. The van der Waals surface area contributed by atoms with Crippen LogP contribution in [0.15, 0.2) is 43.0 Å². The second kappa shape index (κ2) is 8.66. The predicted octanol–water partition coefficient (Wildman–Crippen LogP) is 2.80. The van der Waals surface area contributed by atoms with Gasteiger partial charge in [0.25, 0.3) is 0 Å². The summed E-state index contributed by atoms with van der Waals surface area (Å²) in [6, 6.07) is 5.80. The second-order valence-electron chi connectivity index (χ2n) is 8.47. The fraction of sp³-hybridized carbons (Fsp3) is 0.435. The van der Waals surface area contributed by atoms with Crippen LogP contribution in [0.25, 0.3) is 5.82 Å². The summed E-state index contributed by atoms with van der Waals surface area (Å²) in [7, 11) is 0. The van der Waals surface area contributed by atoms with E-state index in [0.29, 0.717) is 12.6 Å². The molecule has 0 N–H and O–H groups in total. The Balaban J connectivity index is 1.24. The molecule has 9 heteroatoms. The molecule has 0 bridgehead atoms. The van der Waals surface area contributed by atoms with Crippen molar-refractivity contribution in [3.8, 4) is 5.82 Å². The molecule has 0 spiro atoms. The summed E-state index contributed by atoms with van der Waals surface area (Å²) in [5.74, 6) is 1.40. The van der Waals surface area contributed by atoms with Gasteiger partial charge < -0.3 is 4.90 Å². The summed E-state index contributed by atoms with van der Waals surface area (Å²) in [5, 5.41) is 5.91. The predicted molar refractivity (Wildman–Crippen MR) is 118 cm³/mol. The van der Waals surface area contributed by atoms with Gasteiger partial charge in [-0.1, -0.05) is 6.07 Å². The highest BCUT2D eigenvalue weighted by Crippen LogP contribution is 2.33. The molecule has 1 amide bonds. The lowest BCUT2D eigenvalue weighted by molar-refractivity contribution is -0.182. The molecule has 2 aliphatic rings. The molecule has 5 rings (SSSR count). The molecule has 0 saturated carbocycles. The van der Waals surface area contributed by atoms with E-state index in [2.05, 4.69) is 25.0 Å². The number of pyridine rings is 1. The van der Waals surface area contributed by atoms with Crippen molar-refractivity contribution in [1.82, 2.24) is 29.8 Å². The molecule has 2 aliphatic heterocycles. The molecule has 0 aromatic carbocycles. The first-order chi connectivity index (χ1) is 15.6. The molecule has 0 aliphatic carbocycles. The minimum atomic E-state index is -0.0674. The lowest BCUT2D eigenvalue weighted by Gasteiger charge is -2.34. The zero-order valence-corrected chi connectivity index (χ0v) is 18.4. The summed E-state index contributed by atoms with van der Waals surface area (Å²) in [5.41, 5.74) is 3.07. The van der Waals surface area contributed by atoms with Crippen molar-refractivity contribution >= 4 is 11.9 Å². The summed E-state index contributed by atoms with van der Waals surface area (Å²) in [4.78, 5) is 34.6. The van der Waals surface area contributed by atoms with Crippen LogP contribution in [0.3, 0.4) is 0 Å². The fourth-order valence-corrected chi connectivity index (χ4v) is 4.33. The maximum absolute atomic E-state index is 13.3. The number of carbonyl (C=O) groups is 1. The molecule has 32 heavy (non-hydrogen) atoms. The van der Waals surface area contributed by atoms with Gasteiger partial charge in [-0.15, -0.1) is 0 Å². The summed E-state index contributed by atoms with van der Waals surface area (Å²) in [6.45, 7) is 5.96. The number of nitrogens with zero attached hydrogens (tertiary/aromatic N) is 7. The van der Waals surface area contributed by atoms with Gasteiger partial charge in [-0.25, -0.2) is 14.7 Å². The number of hydroxylamine groups is 2. The summed E-state index contributed by atoms with van der Waals surface area (Å²) >= 11 is 0. The third-order valence-corrected chi connectivity index (χ3v) is 6.14. The number of rotatable bonds is 4. The van der Waals surface area contributed by atoms with Crippen molar-refractivity contribution < 1.29 is 9.63 Å². The number of anilines is 1. The van der Waals surface area contributed by atoms with Crippen molar-refractivity contribution in [1.29, 1.82) is 0 Å². The van der Waals surface area contributed by atoms with Crippen molar-refractivity contribution in [3.63, 3.8) is 0 Å². The third-order valence-electron chi connectivity index (χ3n) is 6.14. The Hall–Kier alpha value is -3.33. The smallest absolute Gasteiger partial charge is 0.249 e. The van der Waals surface area contributed by atoms with E-state index in [1.54, 1.807) is 22.1 Å². The van der Waals surface area contributed by atoms with Crippen molar-refractivity contribution in [2.45, 2.75) is 39.2 Å². The van der Waals surface area contributed by atoms with Crippen molar-refractivity contribution in [2.75, 3.05) is 24.6 Å². The number of hydrogen-bond donors (Lipinski definition) is 0. The minimum Gasteiger partial charge on any atom is -0.341 e.